The number of nitrogens with zero attached hydrogens (tertiary/aromatic N) is 2. The molecule has 1 N–H and O–H groups in total. The van der Waals surface area contributed by atoms with Crippen molar-refractivity contribution in [1.29, 1.82) is 0 Å². The molecule has 2 atom stereocenters. The second-order valence-corrected chi connectivity index (χ2v) is 6.26. The standard InChI is InChI=1S/C17H24N2O3/c1-12-6-4-5-7-13(12)14-10-15(14)17(22)19(11-16(20)21)9-8-18(2)3/h4-7,14-15H,8-11H2,1-3H3,(H,20,21)/t14-,15+/m0/s1. The Balaban J connectivity index is 2.02. The molecule has 1 aromatic rings. The molecule has 0 unspecified atom stereocenters. The first-order valence-corrected chi connectivity index (χ1v) is 7.61. The largest absolute Gasteiger partial charge is 0.480 e. The molecule has 1 fully saturated rings. The third-order valence-electron chi connectivity index (χ3n) is 4.15. The number of hydrogen-bond donors (Lipinski definition) is 1. The van der Waals surface area contributed by atoms with Crippen LogP contribution in [0, 0.1) is 12.8 Å². The highest BCUT2D eigenvalue weighted by atomic mass is 16.4. The summed E-state index contributed by atoms with van der Waals surface area (Å²) in [6, 6.07) is 8.10. The molecule has 22 heavy (non-hydrogen) atoms. The van der Waals surface area contributed by atoms with Crippen LogP contribution in [-0.2, 0) is 9.59 Å². The van der Waals surface area contributed by atoms with Gasteiger partial charge in [-0.2, -0.15) is 0 Å². The average Bonchev–Trinajstić information content (AvgIpc) is 3.23. The Hall–Kier alpha value is -1.88. The van der Waals surface area contributed by atoms with Gasteiger partial charge >= 0.3 is 5.97 Å². The molecule has 120 valence electrons. The van der Waals surface area contributed by atoms with Crippen LogP contribution in [0.3, 0.4) is 0 Å². The van der Waals surface area contributed by atoms with Crippen LogP contribution in [0.5, 0.6) is 0 Å². The monoisotopic (exact) mass is 304 g/mol. The zero-order chi connectivity index (χ0) is 16.3. The fourth-order valence-corrected chi connectivity index (χ4v) is 2.80. The Morgan fingerprint density at radius 2 is 1.91 bits per heavy atom. The summed E-state index contributed by atoms with van der Waals surface area (Å²) in [7, 11) is 3.83. The van der Waals surface area contributed by atoms with Gasteiger partial charge in [0.05, 0.1) is 0 Å². The summed E-state index contributed by atoms with van der Waals surface area (Å²) in [4.78, 5) is 27.0. The van der Waals surface area contributed by atoms with Gasteiger partial charge in [0.2, 0.25) is 5.91 Å². The Kier molecular flexibility index (Phi) is 5.19. The SMILES string of the molecule is Cc1ccccc1[C@@H]1C[C@H]1C(=O)N(CCN(C)C)CC(=O)O. The summed E-state index contributed by atoms with van der Waals surface area (Å²) in [6.07, 6.45) is 0.821. The third-order valence-corrected chi connectivity index (χ3v) is 4.15. The molecule has 0 aromatic heterocycles. The molecule has 1 amide bonds. The first-order chi connectivity index (χ1) is 10.4. The summed E-state index contributed by atoms with van der Waals surface area (Å²) in [5, 5.41) is 9.02. The molecule has 5 heteroatoms. The molecule has 2 rings (SSSR count). The second kappa shape index (κ2) is 6.92. The first-order valence-electron chi connectivity index (χ1n) is 7.61. The zero-order valence-electron chi connectivity index (χ0n) is 13.5. The summed E-state index contributed by atoms with van der Waals surface area (Å²) in [5.41, 5.74) is 2.41. The lowest BCUT2D eigenvalue weighted by Gasteiger charge is -2.23. The van der Waals surface area contributed by atoms with Gasteiger partial charge in [0.1, 0.15) is 6.54 Å². The van der Waals surface area contributed by atoms with Crippen molar-refractivity contribution < 1.29 is 14.7 Å². The van der Waals surface area contributed by atoms with Crippen LogP contribution < -0.4 is 0 Å². The van der Waals surface area contributed by atoms with Crippen LogP contribution in [0.1, 0.15) is 23.5 Å². The van der Waals surface area contributed by atoms with E-state index in [1.54, 1.807) is 0 Å². The topological polar surface area (TPSA) is 60.9 Å². The number of amides is 1. The first kappa shape index (κ1) is 16.5. The smallest absolute Gasteiger partial charge is 0.323 e. The molecule has 0 saturated heterocycles. The minimum atomic E-state index is -0.958. The Morgan fingerprint density at radius 1 is 1.23 bits per heavy atom. The van der Waals surface area contributed by atoms with E-state index in [0.717, 1.165) is 6.42 Å². The highest BCUT2D eigenvalue weighted by Crippen LogP contribution is 2.49. The molecule has 0 heterocycles. The van der Waals surface area contributed by atoms with Gasteiger partial charge in [-0.25, -0.2) is 0 Å². The lowest BCUT2D eigenvalue weighted by molar-refractivity contribution is -0.145. The van der Waals surface area contributed by atoms with Crippen LogP contribution in [0.2, 0.25) is 0 Å². The molecule has 0 radical (unpaired) electrons. The number of carboxylic acid groups (broad SMARTS) is 1. The van der Waals surface area contributed by atoms with Gasteiger partial charge in [0.15, 0.2) is 0 Å². The molecular formula is C17H24N2O3. The number of benzene rings is 1. The summed E-state index contributed by atoms with van der Waals surface area (Å²) < 4.78 is 0. The van der Waals surface area contributed by atoms with E-state index >= 15 is 0 Å². The molecule has 1 saturated carbocycles. The number of rotatable bonds is 7. The van der Waals surface area contributed by atoms with Crippen molar-refractivity contribution in [3.05, 3.63) is 35.4 Å². The van der Waals surface area contributed by atoms with E-state index in [-0.39, 0.29) is 24.3 Å². The molecule has 1 aliphatic rings. The Morgan fingerprint density at radius 3 is 2.50 bits per heavy atom. The fraction of sp³-hybridized carbons (Fsp3) is 0.529. The van der Waals surface area contributed by atoms with Crippen molar-refractivity contribution in [1.82, 2.24) is 9.80 Å². The van der Waals surface area contributed by atoms with E-state index in [2.05, 4.69) is 19.1 Å². The van der Waals surface area contributed by atoms with E-state index < -0.39 is 5.97 Å². The highest BCUT2D eigenvalue weighted by molar-refractivity contribution is 5.86. The third kappa shape index (κ3) is 4.07. The van der Waals surface area contributed by atoms with Gasteiger partial charge in [0.25, 0.3) is 0 Å². The molecular weight excluding hydrogens is 280 g/mol. The number of aliphatic carboxylic acids is 1. The summed E-state index contributed by atoms with van der Waals surface area (Å²) in [5.74, 6) is -0.815. The maximum atomic E-state index is 12.6. The van der Waals surface area contributed by atoms with Crippen molar-refractivity contribution in [2.24, 2.45) is 5.92 Å². The van der Waals surface area contributed by atoms with Crippen LogP contribution in [0.25, 0.3) is 0 Å². The van der Waals surface area contributed by atoms with Crippen LogP contribution >= 0.6 is 0 Å². The normalized spacial score (nSPS) is 20.0. The zero-order valence-corrected chi connectivity index (χ0v) is 13.5. The number of carbonyl (C=O) groups excluding carboxylic acids is 1. The van der Waals surface area contributed by atoms with Gasteiger partial charge in [0, 0.05) is 19.0 Å². The van der Waals surface area contributed by atoms with Crippen LogP contribution in [-0.4, -0.2) is 60.5 Å². The van der Waals surface area contributed by atoms with Gasteiger partial charge in [-0.15, -0.1) is 0 Å². The van der Waals surface area contributed by atoms with Crippen molar-refractivity contribution in [3.8, 4) is 0 Å². The van der Waals surface area contributed by atoms with Crippen LogP contribution in [0.15, 0.2) is 24.3 Å². The van der Waals surface area contributed by atoms with Gasteiger partial charge in [-0.1, -0.05) is 24.3 Å². The molecule has 0 bridgehead atoms. The minimum absolute atomic E-state index is 0.0301. The minimum Gasteiger partial charge on any atom is -0.480 e. The number of likely N-dealkylation sites (N-methyl/N-ethyl adjacent to an activating group) is 1. The molecule has 5 nitrogen and oxygen atoms in total. The summed E-state index contributed by atoms with van der Waals surface area (Å²) >= 11 is 0. The maximum absolute atomic E-state index is 12.6. The predicted octanol–water partition coefficient (Wildman–Crippen LogP) is 1.57. The molecule has 1 aliphatic carbocycles. The predicted molar refractivity (Wildman–Crippen MR) is 84.8 cm³/mol. The van der Waals surface area contributed by atoms with E-state index in [0.29, 0.717) is 13.1 Å². The fourth-order valence-electron chi connectivity index (χ4n) is 2.80. The summed E-state index contributed by atoms with van der Waals surface area (Å²) in [6.45, 7) is 2.95. The lowest BCUT2D eigenvalue weighted by atomic mass is 10.0. The highest BCUT2D eigenvalue weighted by Gasteiger charge is 2.46. The number of aryl methyl sites for hydroxylation is 1. The molecule has 0 aliphatic heterocycles. The molecule has 0 spiro atoms. The van der Waals surface area contributed by atoms with Crippen LogP contribution in [0.4, 0.5) is 0 Å². The maximum Gasteiger partial charge on any atom is 0.323 e. The van der Waals surface area contributed by atoms with Gasteiger partial charge < -0.3 is 14.9 Å². The number of carboxylic acids is 1. The Labute approximate surface area is 131 Å². The van der Waals surface area contributed by atoms with E-state index in [9.17, 15) is 9.59 Å². The van der Waals surface area contributed by atoms with E-state index in [4.69, 9.17) is 5.11 Å². The quantitative estimate of drug-likeness (QED) is 0.831. The number of hydrogen-bond acceptors (Lipinski definition) is 3. The average molecular weight is 304 g/mol. The van der Waals surface area contributed by atoms with Crippen molar-refractivity contribution >= 4 is 11.9 Å². The van der Waals surface area contributed by atoms with Crippen molar-refractivity contribution in [3.63, 3.8) is 0 Å². The van der Waals surface area contributed by atoms with Crippen molar-refractivity contribution in [2.45, 2.75) is 19.3 Å². The van der Waals surface area contributed by atoms with Gasteiger partial charge in [-0.05, 0) is 44.5 Å². The van der Waals surface area contributed by atoms with E-state index in [1.165, 1.54) is 16.0 Å². The lowest BCUT2D eigenvalue weighted by Crippen LogP contribution is -2.41. The van der Waals surface area contributed by atoms with Crippen molar-refractivity contribution in [2.75, 3.05) is 33.7 Å². The second-order valence-electron chi connectivity index (χ2n) is 6.26. The number of carbonyl (C=O) groups is 2. The molecule has 1 aromatic carbocycles. The van der Waals surface area contributed by atoms with E-state index in [1.807, 2.05) is 31.1 Å². The Bertz CT molecular complexity index is 557. The van der Waals surface area contributed by atoms with Gasteiger partial charge in [-0.3, -0.25) is 9.59 Å².